The second-order valence-corrected chi connectivity index (χ2v) is 6.71. The highest BCUT2D eigenvalue weighted by molar-refractivity contribution is 5.96. The van der Waals surface area contributed by atoms with Gasteiger partial charge in [0.05, 0.1) is 19.4 Å². The summed E-state index contributed by atoms with van der Waals surface area (Å²) in [7, 11) is 1.38. The number of ether oxygens (including phenoxy) is 2. The zero-order valence-electron chi connectivity index (χ0n) is 17.0. The van der Waals surface area contributed by atoms with Gasteiger partial charge in [0, 0.05) is 30.7 Å². The Labute approximate surface area is 162 Å². The molecule has 0 aliphatic rings. The summed E-state index contributed by atoms with van der Waals surface area (Å²) in [6.45, 7) is 9.93. The SMILES string of the molecule is CCCCOc1cc(N(CC)c2ccncc2C(=O)OC)ccc1C(C)C. The molecule has 0 radical (unpaired) electrons. The molecule has 2 rings (SSSR count). The average Bonchev–Trinajstić information content (AvgIpc) is 2.68. The molecule has 0 spiro atoms. The van der Waals surface area contributed by atoms with Crippen LogP contribution >= 0.6 is 0 Å². The highest BCUT2D eigenvalue weighted by atomic mass is 16.5. The fraction of sp³-hybridized carbons (Fsp3) is 0.455. The number of hydrogen-bond donors (Lipinski definition) is 0. The van der Waals surface area contributed by atoms with Crippen LogP contribution in [0, 0.1) is 0 Å². The van der Waals surface area contributed by atoms with Crippen molar-refractivity contribution < 1.29 is 14.3 Å². The third-order valence-electron chi connectivity index (χ3n) is 4.50. The summed E-state index contributed by atoms with van der Waals surface area (Å²) in [6.07, 6.45) is 5.35. The Kier molecular flexibility index (Phi) is 7.65. The van der Waals surface area contributed by atoms with Crippen molar-refractivity contribution in [2.75, 3.05) is 25.2 Å². The minimum Gasteiger partial charge on any atom is -0.493 e. The van der Waals surface area contributed by atoms with Gasteiger partial charge in [-0.2, -0.15) is 0 Å². The highest BCUT2D eigenvalue weighted by Gasteiger charge is 2.19. The van der Waals surface area contributed by atoms with Crippen LogP contribution in [0.1, 0.15) is 62.4 Å². The molecule has 5 nitrogen and oxygen atoms in total. The number of pyridine rings is 1. The lowest BCUT2D eigenvalue weighted by Gasteiger charge is -2.26. The number of nitrogens with zero attached hydrogens (tertiary/aromatic N) is 2. The number of aromatic nitrogens is 1. The maximum absolute atomic E-state index is 12.2. The minimum absolute atomic E-state index is 0.373. The van der Waals surface area contributed by atoms with Crippen molar-refractivity contribution in [2.45, 2.75) is 46.5 Å². The summed E-state index contributed by atoms with van der Waals surface area (Å²) in [5.74, 6) is 0.884. The Bertz CT molecular complexity index is 759. The predicted octanol–water partition coefficient (Wildman–Crippen LogP) is 5.33. The maximum Gasteiger partial charge on any atom is 0.341 e. The Morgan fingerprint density at radius 1 is 1.22 bits per heavy atom. The van der Waals surface area contributed by atoms with Crippen molar-refractivity contribution in [3.05, 3.63) is 47.8 Å². The Balaban J connectivity index is 2.45. The highest BCUT2D eigenvalue weighted by Crippen LogP contribution is 2.35. The Morgan fingerprint density at radius 3 is 2.63 bits per heavy atom. The lowest BCUT2D eigenvalue weighted by molar-refractivity contribution is 0.0601. The van der Waals surface area contributed by atoms with Gasteiger partial charge in [0.2, 0.25) is 0 Å². The number of hydrogen-bond acceptors (Lipinski definition) is 5. The van der Waals surface area contributed by atoms with Gasteiger partial charge in [-0.25, -0.2) is 4.79 Å². The molecule has 2 aromatic rings. The summed E-state index contributed by atoms with van der Waals surface area (Å²) < 4.78 is 11.0. The van der Waals surface area contributed by atoms with Gasteiger partial charge >= 0.3 is 5.97 Å². The van der Waals surface area contributed by atoms with Crippen LogP contribution in [-0.2, 0) is 4.74 Å². The number of methoxy groups -OCH3 is 1. The number of rotatable bonds is 9. The third-order valence-corrected chi connectivity index (χ3v) is 4.50. The average molecular weight is 370 g/mol. The molecule has 27 heavy (non-hydrogen) atoms. The van der Waals surface area contributed by atoms with Crippen molar-refractivity contribution in [3.8, 4) is 5.75 Å². The summed E-state index contributed by atoms with van der Waals surface area (Å²) >= 11 is 0. The lowest BCUT2D eigenvalue weighted by atomic mass is 10.0. The van der Waals surface area contributed by atoms with Crippen molar-refractivity contribution in [3.63, 3.8) is 0 Å². The van der Waals surface area contributed by atoms with Crippen LogP contribution in [0.4, 0.5) is 11.4 Å². The Hall–Kier alpha value is -2.56. The normalized spacial score (nSPS) is 10.7. The van der Waals surface area contributed by atoms with E-state index in [1.807, 2.05) is 6.07 Å². The standard InChI is InChI=1S/C22H30N2O3/c1-6-8-13-27-21-14-17(9-10-18(21)16(3)4)24(7-2)20-11-12-23-15-19(20)22(25)26-5/h9-12,14-16H,6-8,13H2,1-5H3. The van der Waals surface area contributed by atoms with Crippen LogP contribution in [-0.4, -0.2) is 31.2 Å². The topological polar surface area (TPSA) is 51.7 Å². The molecule has 0 saturated heterocycles. The first kappa shape index (κ1) is 20.7. The summed E-state index contributed by atoms with van der Waals surface area (Å²) in [5.41, 5.74) is 3.39. The van der Waals surface area contributed by atoms with E-state index in [9.17, 15) is 4.79 Å². The van der Waals surface area contributed by atoms with E-state index >= 15 is 0 Å². The molecule has 5 heteroatoms. The van der Waals surface area contributed by atoms with E-state index in [1.54, 1.807) is 12.4 Å². The maximum atomic E-state index is 12.2. The second kappa shape index (κ2) is 9.95. The van der Waals surface area contributed by atoms with Crippen LogP contribution in [0.25, 0.3) is 0 Å². The zero-order chi connectivity index (χ0) is 19.8. The molecule has 1 aromatic heterocycles. The smallest absolute Gasteiger partial charge is 0.341 e. The van der Waals surface area contributed by atoms with E-state index in [0.717, 1.165) is 30.0 Å². The molecule has 0 fully saturated rings. The molecule has 0 aliphatic heterocycles. The number of anilines is 2. The summed E-state index contributed by atoms with van der Waals surface area (Å²) in [5, 5.41) is 0. The second-order valence-electron chi connectivity index (χ2n) is 6.71. The molecule has 0 atom stereocenters. The van der Waals surface area contributed by atoms with Crippen LogP contribution < -0.4 is 9.64 Å². The molecule has 146 valence electrons. The monoisotopic (exact) mass is 370 g/mol. The van der Waals surface area contributed by atoms with Gasteiger partial charge < -0.3 is 14.4 Å². The van der Waals surface area contributed by atoms with Crippen molar-refractivity contribution in [1.82, 2.24) is 4.98 Å². The number of carbonyl (C=O) groups is 1. The summed E-state index contributed by atoms with van der Waals surface area (Å²) in [4.78, 5) is 18.3. The first-order valence-corrected chi connectivity index (χ1v) is 9.60. The molecular weight excluding hydrogens is 340 g/mol. The van der Waals surface area contributed by atoms with Gasteiger partial charge in [-0.1, -0.05) is 33.3 Å². The van der Waals surface area contributed by atoms with Gasteiger partial charge in [-0.15, -0.1) is 0 Å². The number of benzene rings is 1. The minimum atomic E-state index is -0.394. The lowest BCUT2D eigenvalue weighted by Crippen LogP contribution is -2.20. The molecular formula is C22H30N2O3. The van der Waals surface area contributed by atoms with Crippen LogP contribution in [0.3, 0.4) is 0 Å². The van der Waals surface area contributed by atoms with Crippen LogP contribution in [0.2, 0.25) is 0 Å². The Morgan fingerprint density at radius 2 is 2.00 bits per heavy atom. The first-order chi connectivity index (χ1) is 13.0. The molecule has 0 bridgehead atoms. The van der Waals surface area contributed by atoms with Gasteiger partial charge in [-0.3, -0.25) is 4.98 Å². The molecule has 1 aromatic carbocycles. The van der Waals surface area contributed by atoms with E-state index in [4.69, 9.17) is 9.47 Å². The largest absolute Gasteiger partial charge is 0.493 e. The van der Waals surface area contributed by atoms with Gasteiger partial charge in [-0.05, 0) is 37.0 Å². The first-order valence-electron chi connectivity index (χ1n) is 9.60. The molecule has 0 aliphatic carbocycles. The van der Waals surface area contributed by atoms with Gasteiger partial charge in [0.15, 0.2) is 0 Å². The fourth-order valence-corrected chi connectivity index (χ4v) is 3.00. The van der Waals surface area contributed by atoms with Crippen molar-refractivity contribution in [1.29, 1.82) is 0 Å². The molecule has 0 saturated carbocycles. The van der Waals surface area contributed by atoms with Gasteiger partial charge in [0.1, 0.15) is 11.3 Å². The van der Waals surface area contributed by atoms with Crippen molar-refractivity contribution >= 4 is 17.3 Å². The molecule has 1 heterocycles. The molecule has 0 amide bonds. The van der Waals surface area contributed by atoms with E-state index in [2.05, 4.69) is 55.8 Å². The van der Waals surface area contributed by atoms with E-state index in [-0.39, 0.29) is 0 Å². The molecule has 0 unspecified atom stereocenters. The quantitative estimate of drug-likeness (QED) is 0.441. The zero-order valence-corrected chi connectivity index (χ0v) is 17.0. The van der Waals surface area contributed by atoms with Gasteiger partial charge in [0.25, 0.3) is 0 Å². The van der Waals surface area contributed by atoms with Crippen LogP contribution in [0.15, 0.2) is 36.7 Å². The predicted molar refractivity (Wildman–Crippen MR) is 109 cm³/mol. The van der Waals surface area contributed by atoms with Crippen molar-refractivity contribution in [2.24, 2.45) is 0 Å². The van der Waals surface area contributed by atoms with E-state index in [0.29, 0.717) is 24.6 Å². The van der Waals surface area contributed by atoms with Crippen LogP contribution in [0.5, 0.6) is 5.75 Å². The summed E-state index contributed by atoms with van der Waals surface area (Å²) in [6, 6.07) is 8.09. The number of carbonyl (C=O) groups excluding carboxylic acids is 1. The number of esters is 1. The third kappa shape index (κ3) is 5.00. The van der Waals surface area contributed by atoms with E-state index < -0.39 is 5.97 Å². The van der Waals surface area contributed by atoms with E-state index in [1.165, 1.54) is 12.7 Å². The molecule has 0 N–H and O–H groups in total. The number of unbranched alkanes of at least 4 members (excludes halogenated alkanes) is 1. The fourth-order valence-electron chi connectivity index (χ4n) is 3.00.